The average Bonchev–Trinajstić information content (AvgIpc) is 3.12. The van der Waals surface area contributed by atoms with Crippen molar-refractivity contribution < 1.29 is 17.2 Å². The van der Waals surface area contributed by atoms with Gasteiger partial charge in [-0.05, 0) is 37.7 Å². The summed E-state index contributed by atoms with van der Waals surface area (Å²) in [6.45, 7) is 2.85. The Morgan fingerprint density at radius 2 is 1.90 bits per heavy atom. The van der Waals surface area contributed by atoms with E-state index in [-0.39, 0.29) is 18.0 Å². The number of hydrogen-bond acceptors (Lipinski definition) is 6. The lowest BCUT2D eigenvalue weighted by Gasteiger charge is -2.30. The lowest BCUT2D eigenvalue weighted by Crippen LogP contribution is -2.42. The van der Waals surface area contributed by atoms with Crippen molar-refractivity contribution in [2.75, 3.05) is 24.7 Å². The van der Waals surface area contributed by atoms with E-state index in [1.165, 1.54) is 27.4 Å². The standard InChI is InChI=1S/C20H27F2N5O3S/c1-12-4-3-5-16(12)27-18-13(10-15(17(21)22)19(27)28)11-23-20(25-18)24-14-6-8-26(9-7-14)31(2,29)30/h10-12,14,16-17H,3-9H2,1-2H3,(H,23,24,25). The van der Waals surface area contributed by atoms with Gasteiger partial charge in [-0.1, -0.05) is 13.3 Å². The lowest BCUT2D eigenvalue weighted by molar-refractivity contribution is 0.148. The molecule has 1 saturated heterocycles. The van der Waals surface area contributed by atoms with Gasteiger partial charge in [-0.2, -0.15) is 4.98 Å². The summed E-state index contributed by atoms with van der Waals surface area (Å²) in [5, 5.41) is 3.63. The minimum atomic E-state index is -3.21. The van der Waals surface area contributed by atoms with Crippen molar-refractivity contribution in [3.05, 3.63) is 28.2 Å². The second kappa shape index (κ2) is 8.42. The van der Waals surface area contributed by atoms with Crippen molar-refractivity contribution in [3.8, 4) is 0 Å². The summed E-state index contributed by atoms with van der Waals surface area (Å²) in [6.07, 6.45) is 3.64. The highest BCUT2D eigenvalue weighted by atomic mass is 32.2. The highest BCUT2D eigenvalue weighted by Gasteiger charge is 2.30. The van der Waals surface area contributed by atoms with Crippen LogP contribution in [0.2, 0.25) is 0 Å². The number of aromatic nitrogens is 3. The van der Waals surface area contributed by atoms with E-state index in [9.17, 15) is 22.0 Å². The van der Waals surface area contributed by atoms with Gasteiger partial charge >= 0.3 is 0 Å². The van der Waals surface area contributed by atoms with E-state index in [1.54, 1.807) is 0 Å². The van der Waals surface area contributed by atoms with Gasteiger partial charge in [-0.25, -0.2) is 26.5 Å². The Bertz CT molecular complexity index is 1130. The number of halogens is 2. The second-order valence-corrected chi connectivity index (χ2v) is 10.6. The van der Waals surface area contributed by atoms with Gasteiger partial charge in [0.1, 0.15) is 5.65 Å². The van der Waals surface area contributed by atoms with Gasteiger partial charge in [-0.15, -0.1) is 0 Å². The first-order chi connectivity index (χ1) is 14.6. The monoisotopic (exact) mass is 455 g/mol. The zero-order valence-electron chi connectivity index (χ0n) is 17.6. The molecule has 11 heteroatoms. The third-order valence-corrected chi connectivity index (χ3v) is 7.74. The minimum Gasteiger partial charge on any atom is -0.351 e. The number of anilines is 1. The third-order valence-electron chi connectivity index (χ3n) is 6.44. The Kier molecular flexibility index (Phi) is 5.99. The fourth-order valence-electron chi connectivity index (χ4n) is 4.70. The molecule has 1 N–H and O–H groups in total. The first-order valence-corrected chi connectivity index (χ1v) is 12.4. The number of pyridine rings is 1. The van der Waals surface area contributed by atoms with Gasteiger partial charge < -0.3 is 5.32 Å². The van der Waals surface area contributed by atoms with Crippen LogP contribution in [0.5, 0.6) is 0 Å². The van der Waals surface area contributed by atoms with Crippen molar-refractivity contribution in [1.82, 2.24) is 18.8 Å². The van der Waals surface area contributed by atoms with Crippen LogP contribution < -0.4 is 10.9 Å². The minimum absolute atomic E-state index is 0.0126. The van der Waals surface area contributed by atoms with Crippen LogP contribution in [0, 0.1) is 5.92 Å². The van der Waals surface area contributed by atoms with Crippen molar-refractivity contribution in [3.63, 3.8) is 0 Å². The molecule has 31 heavy (non-hydrogen) atoms. The largest absolute Gasteiger partial charge is 0.351 e. The Hall–Kier alpha value is -2.14. The van der Waals surface area contributed by atoms with Crippen LogP contribution in [-0.4, -0.2) is 52.6 Å². The number of nitrogens with one attached hydrogen (secondary N) is 1. The van der Waals surface area contributed by atoms with Crippen molar-refractivity contribution in [2.45, 2.75) is 57.5 Å². The number of piperidine rings is 1. The van der Waals surface area contributed by atoms with Crippen LogP contribution in [0.4, 0.5) is 14.7 Å². The molecule has 1 saturated carbocycles. The fourth-order valence-corrected chi connectivity index (χ4v) is 5.57. The summed E-state index contributed by atoms with van der Waals surface area (Å²) < 4.78 is 53.3. The van der Waals surface area contributed by atoms with E-state index in [0.717, 1.165) is 19.3 Å². The Morgan fingerprint density at radius 1 is 1.19 bits per heavy atom. The van der Waals surface area contributed by atoms with E-state index in [1.807, 2.05) is 6.92 Å². The quantitative estimate of drug-likeness (QED) is 0.745. The Balaban J connectivity index is 1.67. The molecule has 2 atom stereocenters. The Morgan fingerprint density at radius 3 is 2.48 bits per heavy atom. The summed E-state index contributed by atoms with van der Waals surface area (Å²) >= 11 is 0. The SMILES string of the molecule is CC1CCCC1n1c(=O)c(C(F)F)cc2cnc(NC3CCN(S(C)(=O)=O)CC3)nc21. The van der Waals surface area contributed by atoms with E-state index < -0.39 is 27.6 Å². The van der Waals surface area contributed by atoms with E-state index >= 15 is 0 Å². The zero-order valence-corrected chi connectivity index (χ0v) is 18.4. The Labute approximate surface area is 179 Å². The maximum Gasteiger partial charge on any atom is 0.269 e. The molecular weight excluding hydrogens is 428 g/mol. The summed E-state index contributed by atoms with van der Waals surface area (Å²) in [4.78, 5) is 21.7. The van der Waals surface area contributed by atoms with Crippen molar-refractivity contribution >= 4 is 27.0 Å². The molecule has 0 amide bonds. The average molecular weight is 456 g/mol. The smallest absolute Gasteiger partial charge is 0.269 e. The van der Waals surface area contributed by atoms with Crippen LogP contribution in [0.1, 0.15) is 57.1 Å². The third kappa shape index (κ3) is 4.43. The molecule has 0 spiro atoms. The number of alkyl halides is 2. The number of fused-ring (bicyclic) bond motifs is 1. The lowest BCUT2D eigenvalue weighted by atomic mass is 10.1. The van der Waals surface area contributed by atoms with Gasteiger partial charge in [0.15, 0.2) is 0 Å². The molecule has 170 valence electrons. The van der Waals surface area contributed by atoms with E-state index in [2.05, 4.69) is 15.3 Å². The van der Waals surface area contributed by atoms with Crippen LogP contribution in [0.15, 0.2) is 17.1 Å². The summed E-state index contributed by atoms with van der Waals surface area (Å²) in [6, 6.07) is 1.00. The maximum atomic E-state index is 13.5. The van der Waals surface area contributed by atoms with Crippen LogP contribution >= 0.6 is 0 Å². The van der Waals surface area contributed by atoms with Crippen LogP contribution in [-0.2, 0) is 10.0 Å². The summed E-state index contributed by atoms with van der Waals surface area (Å²) in [5.41, 5.74) is -0.851. The molecular formula is C20H27F2N5O3S. The van der Waals surface area contributed by atoms with Gasteiger partial charge in [-0.3, -0.25) is 9.36 Å². The zero-order chi connectivity index (χ0) is 22.3. The molecule has 3 heterocycles. The van der Waals surface area contributed by atoms with Gasteiger partial charge in [0.05, 0.1) is 11.8 Å². The predicted octanol–water partition coefficient (Wildman–Crippen LogP) is 2.93. The topological polar surface area (TPSA) is 97.2 Å². The molecule has 2 aromatic rings. The molecule has 0 radical (unpaired) electrons. The first-order valence-electron chi connectivity index (χ1n) is 10.6. The molecule has 2 fully saturated rings. The maximum absolute atomic E-state index is 13.5. The molecule has 2 unspecified atom stereocenters. The molecule has 8 nitrogen and oxygen atoms in total. The predicted molar refractivity (Wildman–Crippen MR) is 114 cm³/mol. The molecule has 1 aliphatic heterocycles. The second-order valence-electron chi connectivity index (χ2n) is 8.60. The van der Waals surface area contributed by atoms with Crippen molar-refractivity contribution in [1.29, 1.82) is 0 Å². The summed E-state index contributed by atoms with van der Waals surface area (Å²) in [7, 11) is -3.21. The molecule has 4 rings (SSSR count). The number of hydrogen-bond donors (Lipinski definition) is 1. The van der Waals surface area contributed by atoms with E-state index in [4.69, 9.17) is 0 Å². The molecule has 1 aliphatic carbocycles. The highest BCUT2D eigenvalue weighted by Crippen LogP contribution is 2.36. The number of nitrogens with zero attached hydrogens (tertiary/aromatic N) is 4. The van der Waals surface area contributed by atoms with Gasteiger partial charge in [0, 0.05) is 36.8 Å². The normalized spacial score (nSPS) is 23.6. The van der Waals surface area contributed by atoms with Gasteiger partial charge in [0.25, 0.3) is 12.0 Å². The first kappa shape index (κ1) is 22.1. The summed E-state index contributed by atoms with van der Waals surface area (Å²) in [5.74, 6) is 0.509. The fraction of sp³-hybridized carbons (Fsp3) is 0.650. The number of rotatable bonds is 5. The molecule has 0 aromatic carbocycles. The van der Waals surface area contributed by atoms with E-state index in [0.29, 0.717) is 42.9 Å². The highest BCUT2D eigenvalue weighted by molar-refractivity contribution is 7.88. The molecule has 2 aromatic heterocycles. The van der Waals surface area contributed by atoms with Crippen molar-refractivity contribution in [2.24, 2.45) is 5.92 Å². The number of sulfonamides is 1. The van der Waals surface area contributed by atoms with Crippen LogP contribution in [0.3, 0.4) is 0 Å². The van der Waals surface area contributed by atoms with Crippen LogP contribution in [0.25, 0.3) is 11.0 Å². The molecule has 0 bridgehead atoms. The van der Waals surface area contributed by atoms with Gasteiger partial charge in [0.2, 0.25) is 16.0 Å². The molecule has 2 aliphatic rings.